The van der Waals surface area contributed by atoms with Gasteiger partial charge in [0.15, 0.2) is 6.61 Å². The van der Waals surface area contributed by atoms with Crippen molar-refractivity contribution in [1.29, 1.82) is 0 Å². The van der Waals surface area contributed by atoms with Gasteiger partial charge in [0.25, 0.3) is 5.91 Å². The molecule has 1 amide bonds. The van der Waals surface area contributed by atoms with Gasteiger partial charge in [-0.3, -0.25) is 4.79 Å². The predicted molar refractivity (Wildman–Crippen MR) is 115 cm³/mol. The minimum Gasteiger partial charge on any atom is -0.482 e. The number of carboxylic acids is 1. The fourth-order valence-electron chi connectivity index (χ4n) is 3.32. The molecule has 4 rings (SSSR count). The number of nitrogens with one attached hydrogen (secondary N) is 1. The second kappa shape index (κ2) is 8.53. The Morgan fingerprint density at radius 3 is 2.33 bits per heavy atom. The average molecular weight is 400 g/mol. The maximum absolute atomic E-state index is 13.0. The largest absolute Gasteiger partial charge is 0.482 e. The lowest BCUT2D eigenvalue weighted by Crippen LogP contribution is -2.12. The number of rotatable bonds is 7. The molecule has 0 unspecified atom stereocenters. The minimum atomic E-state index is -1.04. The molecule has 150 valence electrons. The Labute approximate surface area is 173 Å². The van der Waals surface area contributed by atoms with Gasteiger partial charge in [0.1, 0.15) is 5.75 Å². The smallest absolute Gasteiger partial charge is 0.341 e. The van der Waals surface area contributed by atoms with E-state index in [1.807, 2.05) is 48.7 Å². The van der Waals surface area contributed by atoms with Crippen molar-refractivity contribution in [2.75, 3.05) is 11.9 Å². The maximum Gasteiger partial charge on any atom is 0.341 e. The number of amides is 1. The van der Waals surface area contributed by atoms with Crippen LogP contribution in [0.1, 0.15) is 15.9 Å². The first-order valence-electron chi connectivity index (χ1n) is 9.48. The van der Waals surface area contributed by atoms with E-state index in [1.54, 1.807) is 24.3 Å². The maximum atomic E-state index is 13.0. The predicted octanol–water partition coefficient (Wildman–Crippen LogP) is 4.41. The number of fused-ring (bicyclic) bond motifs is 1. The minimum absolute atomic E-state index is 0.211. The fraction of sp³-hybridized carbons (Fsp3) is 0.0833. The molecule has 0 spiro atoms. The van der Waals surface area contributed by atoms with E-state index in [0.29, 0.717) is 23.5 Å². The molecule has 0 aliphatic rings. The first kappa shape index (κ1) is 19.3. The number of aromatic nitrogens is 1. The number of carbonyl (C=O) groups is 2. The number of para-hydroxylation sites is 1. The Bertz CT molecular complexity index is 1180. The summed E-state index contributed by atoms with van der Waals surface area (Å²) in [7, 11) is 0. The zero-order valence-electron chi connectivity index (χ0n) is 16.1. The quantitative estimate of drug-likeness (QED) is 0.482. The summed E-state index contributed by atoms with van der Waals surface area (Å²) in [6.07, 6.45) is 1.87. The molecule has 6 heteroatoms. The molecule has 1 aromatic heterocycles. The standard InChI is InChI=1S/C24H20N2O4/c27-23(28)16-30-19-12-10-18(11-13-19)25-24(29)21-15-26(14-17-6-2-1-3-7-17)22-9-5-4-8-20(21)22/h1-13,15H,14,16H2,(H,25,29)(H,27,28). The summed E-state index contributed by atoms with van der Waals surface area (Å²) in [6, 6.07) is 24.5. The topological polar surface area (TPSA) is 80.6 Å². The summed E-state index contributed by atoms with van der Waals surface area (Å²) in [4.78, 5) is 23.5. The van der Waals surface area contributed by atoms with Crippen molar-refractivity contribution >= 4 is 28.5 Å². The van der Waals surface area contributed by atoms with Crippen molar-refractivity contribution in [1.82, 2.24) is 4.57 Å². The van der Waals surface area contributed by atoms with E-state index in [0.717, 1.165) is 16.5 Å². The number of carbonyl (C=O) groups excluding carboxylic acids is 1. The molecule has 6 nitrogen and oxygen atoms in total. The molecular formula is C24H20N2O4. The highest BCUT2D eigenvalue weighted by Crippen LogP contribution is 2.24. The van der Waals surface area contributed by atoms with Gasteiger partial charge in [-0.2, -0.15) is 0 Å². The fourth-order valence-corrected chi connectivity index (χ4v) is 3.32. The molecule has 30 heavy (non-hydrogen) atoms. The molecule has 0 saturated heterocycles. The first-order valence-corrected chi connectivity index (χ1v) is 9.48. The van der Waals surface area contributed by atoms with Gasteiger partial charge in [-0.25, -0.2) is 4.79 Å². The summed E-state index contributed by atoms with van der Waals surface area (Å²) >= 11 is 0. The highest BCUT2D eigenvalue weighted by molar-refractivity contribution is 6.13. The summed E-state index contributed by atoms with van der Waals surface area (Å²) in [5.41, 5.74) is 3.33. The van der Waals surface area contributed by atoms with Crippen LogP contribution in [0.15, 0.2) is 85.1 Å². The third kappa shape index (κ3) is 4.33. The van der Waals surface area contributed by atoms with Crippen LogP contribution in [-0.2, 0) is 11.3 Å². The Hall–Kier alpha value is -4.06. The van der Waals surface area contributed by atoms with Gasteiger partial charge in [0.2, 0.25) is 0 Å². The normalized spacial score (nSPS) is 10.7. The van der Waals surface area contributed by atoms with Crippen LogP contribution in [0.5, 0.6) is 5.75 Å². The van der Waals surface area contributed by atoms with Crippen LogP contribution < -0.4 is 10.1 Å². The van der Waals surface area contributed by atoms with Crippen molar-refractivity contribution in [3.63, 3.8) is 0 Å². The summed E-state index contributed by atoms with van der Waals surface area (Å²) in [5.74, 6) is -0.827. The number of hydrogen-bond donors (Lipinski definition) is 2. The Morgan fingerprint density at radius 2 is 1.60 bits per heavy atom. The SMILES string of the molecule is O=C(O)COc1ccc(NC(=O)c2cn(Cc3ccccc3)c3ccccc23)cc1. The van der Waals surface area contributed by atoms with E-state index < -0.39 is 12.6 Å². The summed E-state index contributed by atoms with van der Waals surface area (Å²) in [6.45, 7) is 0.261. The molecule has 0 bridgehead atoms. The number of benzene rings is 3. The van der Waals surface area contributed by atoms with Crippen molar-refractivity contribution in [2.45, 2.75) is 6.54 Å². The zero-order chi connectivity index (χ0) is 20.9. The van der Waals surface area contributed by atoms with E-state index >= 15 is 0 Å². The van der Waals surface area contributed by atoms with Crippen molar-refractivity contribution in [3.05, 3.63) is 96.2 Å². The molecule has 1 heterocycles. The van der Waals surface area contributed by atoms with Crippen LogP contribution in [0.25, 0.3) is 10.9 Å². The third-order valence-electron chi connectivity index (χ3n) is 4.70. The van der Waals surface area contributed by atoms with E-state index in [9.17, 15) is 9.59 Å². The van der Waals surface area contributed by atoms with Gasteiger partial charge in [-0.1, -0.05) is 48.5 Å². The van der Waals surface area contributed by atoms with Gasteiger partial charge in [-0.15, -0.1) is 0 Å². The highest BCUT2D eigenvalue weighted by atomic mass is 16.5. The van der Waals surface area contributed by atoms with Gasteiger partial charge in [-0.05, 0) is 35.9 Å². The van der Waals surface area contributed by atoms with E-state index in [-0.39, 0.29) is 5.91 Å². The Kier molecular flexibility index (Phi) is 5.48. The molecular weight excluding hydrogens is 380 g/mol. The Morgan fingerprint density at radius 1 is 0.900 bits per heavy atom. The number of aliphatic carboxylic acids is 1. The number of nitrogens with zero attached hydrogens (tertiary/aromatic N) is 1. The molecule has 0 aliphatic carbocycles. The van der Waals surface area contributed by atoms with E-state index in [1.165, 1.54) is 0 Å². The number of carboxylic acid groups (broad SMARTS) is 1. The molecule has 0 aliphatic heterocycles. The van der Waals surface area contributed by atoms with Crippen LogP contribution in [-0.4, -0.2) is 28.2 Å². The van der Waals surface area contributed by atoms with E-state index in [4.69, 9.17) is 9.84 Å². The molecule has 2 N–H and O–H groups in total. The van der Waals surface area contributed by atoms with Gasteiger partial charge >= 0.3 is 5.97 Å². The third-order valence-corrected chi connectivity index (χ3v) is 4.70. The van der Waals surface area contributed by atoms with Crippen LogP contribution in [0, 0.1) is 0 Å². The molecule has 0 fully saturated rings. The lowest BCUT2D eigenvalue weighted by atomic mass is 10.1. The van der Waals surface area contributed by atoms with Crippen molar-refractivity contribution in [2.24, 2.45) is 0 Å². The van der Waals surface area contributed by atoms with Crippen molar-refractivity contribution < 1.29 is 19.4 Å². The van der Waals surface area contributed by atoms with Gasteiger partial charge in [0, 0.05) is 29.3 Å². The van der Waals surface area contributed by atoms with Gasteiger partial charge in [0.05, 0.1) is 5.56 Å². The van der Waals surface area contributed by atoms with Crippen LogP contribution in [0.2, 0.25) is 0 Å². The number of hydrogen-bond acceptors (Lipinski definition) is 3. The average Bonchev–Trinajstić information content (AvgIpc) is 3.13. The van der Waals surface area contributed by atoms with Crippen LogP contribution in [0.3, 0.4) is 0 Å². The lowest BCUT2D eigenvalue weighted by molar-refractivity contribution is -0.139. The van der Waals surface area contributed by atoms with Gasteiger partial charge < -0.3 is 19.7 Å². The molecule has 4 aromatic rings. The second-order valence-electron chi connectivity index (χ2n) is 6.83. The van der Waals surface area contributed by atoms with Crippen LogP contribution in [0.4, 0.5) is 5.69 Å². The zero-order valence-corrected chi connectivity index (χ0v) is 16.1. The molecule has 0 saturated carbocycles. The molecule has 3 aromatic carbocycles. The highest BCUT2D eigenvalue weighted by Gasteiger charge is 2.15. The number of ether oxygens (including phenoxy) is 1. The molecule has 0 atom stereocenters. The number of anilines is 1. The second-order valence-corrected chi connectivity index (χ2v) is 6.83. The first-order chi connectivity index (χ1) is 14.6. The Balaban J connectivity index is 1.55. The van der Waals surface area contributed by atoms with Crippen molar-refractivity contribution in [3.8, 4) is 5.75 Å². The summed E-state index contributed by atoms with van der Waals surface area (Å²) in [5, 5.41) is 12.4. The lowest BCUT2D eigenvalue weighted by Gasteiger charge is -2.07. The van der Waals surface area contributed by atoms with E-state index in [2.05, 4.69) is 22.0 Å². The summed E-state index contributed by atoms with van der Waals surface area (Å²) < 4.78 is 7.19. The molecule has 0 radical (unpaired) electrons. The van der Waals surface area contributed by atoms with Crippen LogP contribution >= 0.6 is 0 Å². The monoisotopic (exact) mass is 400 g/mol.